The van der Waals surface area contributed by atoms with E-state index in [4.69, 9.17) is 24.4 Å². The molecular weight excluding hydrogens is 292 g/mol. The zero-order valence-corrected chi connectivity index (χ0v) is 12.6. The molecule has 0 aromatic rings. The number of hydrogen-bond acceptors (Lipinski definition) is 5. The lowest BCUT2D eigenvalue weighted by Crippen LogP contribution is -2.30. The second kappa shape index (κ2) is 5.17. The molecule has 90 valence electrons. The summed E-state index contributed by atoms with van der Waals surface area (Å²) in [4.78, 5) is 18.8. The van der Waals surface area contributed by atoms with Crippen LogP contribution in [0.5, 0.6) is 0 Å². The molecule has 2 aliphatic heterocycles. The van der Waals surface area contributed by atoms with E-state index in [1.807, 2.05) is 19.9 Å². The average Bonchev–Trinajstić information content (AvgIpc) is 2.69. The van der Waals surface area contributed by atoms with E-state index in [1.54, 1.807) is 4.90 Å². The van der Waals surface area contributed by atoms with Crippen molar-refractivity contribution in [3.05, 3.63) is 11.0 Å². The Morgan fingerprint density at radius 3 is 2.71 bits per heavy atom. The average molecular weight is 302 g/mol. The zero-order valence-electron chi connectivity index (χ0n) is 9.30. The maximum Gasteiger partial charge on any atom is 0.245 e. The molecule has 1 atom stereocenters. The summed E-state index contributed by atoms with van der Waals surface area (Å²) in [6, 6.07) is 0. The Morgan fingerprint density at radius 2 is 2.24 bits per heavy atom. The van der Waals surface area contributed by atoms with Gasteiger partial charge in [-0.15, -0.1) is 0 Å². The number of hydrogen-bond donors (Lipinski definition) is 0. The molecule has 17 heavy (non-hydrogen) atoms. The van der Waals surface area contributed by atoms with Crippen LogP contribution in [0.4, 0.5) is 0 Å². The van der Waals surface area contributed by atoms with Crippen LogP contribution in [0.25, 0.3) is 0 Å². The number of allylic oxidation sites excluding steroid dienone is 1. The summed E-state index contributed by atoms with van der Waals surface area (Å²) in [6.07, 6.45) is 1.91. The van der Waals surface area contributed by atoms with Gasteiger partial charge in [-0.25, -0.2) is 4.99 Å². The first-order valence-corrected chi connectivity index (χ1v) is 7.55. The van der Waals surface area contributed by atoms with Crippen molar-refractivity contribution in [3.8, 4) is 0 Å². The number of thiocarbonyl (C=S) groups is 2. The lowest BCUT2D eigenvalue weighted by Gasteiger charge is -2.10. The van der Waals surface area contributed by atoms with Gasteiger partial charge in [-0.05, 0) is 19.9 Å². The second-order valence-electron chi connectivity index (χ2n) is 3.48. The fraction of sp³-hybridized carbons (Fsp3) is 0.400. The fourth-order valence-corrected chi connectivity index (χ4v) is 4.32. The fourth-order valence-electron chi connectivity index (χ4n) is 1.53. The summed E-state index contributed by atoms with van der Waals surface area (Å²) >= 11 is 13.0. The number of aliphatic imine (C=N–C) groups is 1. The molecule has 0 aromatic carbocycles. The zero-order chi connectivity index (χ0) is 12.6. The van der Waals surface area contributed by atoms with Gasteiger partial charge in [-0.3, -0.25) is 9.69 Å². The van der Waals surface area contributed by atoms with E-state index in [1.165, 1.54) is 23.5 Å². The molecule has 3 nitrogen and oxygen atoms in total. The first-order chi connectivity index (χ1) is 8.02. The highest BCUT2D eigenvalue weighted by atomic mass is 32.2. The van der Waals surface area contributed by atoms with Crippen molar-refractivity contribution < 1.29 is 4.79 Å². The Kier molecular flexibility index (Phi) is 4.02. The summed E-state index contributed by atoms with van der Waals surface area (Å²) in [5.41, 5.74) is 0.884. The number of thioether (sulfide) groups is 2. The highest BCUT2D eigenvalue weighted by Gasteiger charge is 2.35. The molecule has 0 bridgehead atoms. The first-order valence-electron chi connectivity index (χ1n) is 5.04. The maximum absolute atomic E-state index is 12.0. The minimum Gasteiger partial charge on any atom is -0.297 e. The van der Waals surface area contributed by atoms with Gasteiger partial charge in [0.1, 0.15) is 9.57 Å². The van der Waals surface area contributed by atoms with Crippen molar-refractivity contribution in [1.29, 1.82) is 0 Å². The third-order valence-corrected chi connectivity index (χ3v) is 5.17. The van der Waals surface area contributed by atoms with Gasteiger partial charge >= 0.3 is 0 Å². The molecular formula is C10H10N2OS4. The number of carbonyl (C=O) groups excluding carboxylic acids is 1. The highest BCUT2D eigenvalue weighted by Crippen LogP contribution is 2.33. The third kappa shape index (κ3) is 2.62. The molecule has 2 heterocycles. The third-order valence-electron chi connectivity index (χ3n) is 2.39. The van der Waals surface area contributed by atoms with Gasteiger partial charge < -0.3 is 0 Å². The lowest BCUT2D eigenvalue weighted by atomic mass is 10.3. The summed E-state index contributed by atoms with van der Waals surface area (Å²) in [5, 5.41) is -0.226. The Hall–Kier alpha value is -0.240. The number of rotatable bonds is 2. The Labute approximate surface area is 119 Å². The molecule has 1 saturated heterocycles. The summed E-state index contributed by atoms with van der Waals surface area (Å²) < 4.78 is 1.26. The maximum atomic E-state index is 12.0. The summed E-state index contributed by atoms with van der Waals surface area (Å²) in [7, 11) is 0. The largest absolute Gasteiger partial charge is 0.297 e. The number of nitrogens with zero attached hydrogens (tertiary/aromatic N) is 2. The van der Waals surface area contributed by atoms with Crippen LogP contribution in [-0.4, -0.2) is 37.0 Å². The number of amides is 1. The molecule has 1 amide bonds. The van der Waals surface area contributed by atoms with Crippen LogP contribution < -0.4 is 0 Å². The van der Waals surface area contributed by atoms with Crippen molar-refractivity contribution in [2.75, 3.05) is 6.54 Å². The Bertz CT molecular complexity index is 469. The van der Waals surface area contributed by atoms with Gasteiger partial charge in [-0.1, -0.05) is 48.0 Å². The minimum atomic E-state index is -0.226. The lowest BCUT2D eigenvalue weighted by molar-refractivity contribution is -0.125. The van der Waals surface area contributed by atoms with Crippen LogP contribution in [0.2, 0.25) is 0 Å². The van der Waals surface area contributed by atoms with E-state index in [0.717, 1.165) is 10.6 Å². The molecule has 0 saturated carbocycles. The SMILES string of the molecule is CCN1C(=O)C(C=C2SC(=S)N=C2C)SC1=S. The van der Waals surface area contributed by atoms with E-state index in [9.17, 15) is 4.79 Å². The second-order valence-corrected chi connectivity index (χ2v) is 6.93. The summed E-state index contributed by atoms with van der Waals surface area (Å²) in [5.74, 6) is 0.0567. The predicted octanol–water partition coefficient (Wildman–Crippen LogP) is 2.61. The van der Waals surface area contributed by atoms with Crippen molar-refractivity contribution in [2.24, 2.45) is 4.99 Å². The van der Waals surface area contributed by atoms with E-state index in [2.05, 4.69) is 4.99 Å². The minimum absolute atomic E-state index is 0.0567. The highest BCUT2D eigenvalue weighted by molar-refractivity contribution is 8.27. The molecule has 2 aliphatic rings. The molecule has 7 heteroatoms. The first kappa shape index (κ1) is 13.2. The van der Waals surface area contributed by atoms with E-state index in [0.29, 0.717) is 15.2 Å². The smallest absolute Gasteiger partial charge is 0.245 e. The van der Waals surface area contributed by atoms with Crippen LogP contribution in [0.3, 0.4) is 0 Å². The van der Waals surface area contributed by atoms with E-state index in [-0.39, 0.29) is 11.2 Å². The topological polar surface area (TPSA) is 32.7 Å². The van der Waals surface area contributed by atoms with Crippen molar-refractivity contribution in [2.45, 2.75) is 19.1 Å². The van der Waals surface area contributed by atoms with Gasteiger partial charge in [0.2, 0.25) is 5.91 Å². The van der Waals surface area contributed by atoms with Crippen LogP contribution in [-0.2, 0) is 4.79 Å². The van der Waals surface area contributed by atoms with E-state index >= 15 is 0 Å². The number of carbonyl (C=O) groups is 1. The van der Waals surface area contributed by atoms with Gasteiger partial charge in [0.05, 0.1) is 5.71 Å². The molecule has 0 N–H and O–H groups in total. The van der Waals surface area contributed by atoms with Crippen LogP contribution in [0.15, 0.2) is 16.0 Å². The van der Waals surface area contributed by atoms with Crippen LogP contribution >= 0.6 is 48.0 Å². The van der Waals surface area contributed by atoms with Crippen molar-refractivity contribution >= 4 is 68.2 Å². The van der Waals surface area contributed by atoms with Gasteiger partial charge in [0, 0.05) is 11.4 Å². The van der Waals surface area contributed by atoms with Crippen molar-refractivity contribution in [3.63, 3.8) is 0 Å². The molecule has 0 spiro atoms. The Balaban J connectivity index is 2.19. The molecule has 0 radical (unpaired) electrons. The quantitative estimate of drug-likeness (QED) is 0.732. The van der Waals surface area contributed by atoms with Crippen molar-refractivity contribution in [1.82, 2.24) is 4.90 Å². The summed E-state index contributed by atoms with van der Waals surface area (Å²) in [6.45, 7) is 4.45. The molecule has 1 fully saturated rings. The van der Waals surface area contributed by atoms with Crippen LogP contribution in [0, 0.1) is 0 Å². The normalized spacial score (nSPS) is 27.3. The molecule has 2 rings (SSSR count). The molecule has 0 aliphatic carbocycles. The Morgan fingerprint density at radius 1 is 1.53 bits per heavy atom. The molecule has 1 unspecified atom stereocenters. The standard InChI is InChI=1S/C10H10N2OS4/c1-3-12-8(13)7(17-10(12)15)4-6-5(2)11-9(14)16-6/h4,7H,3H2,1-2H3. The predicted molar refractivity (Wildman–Crippen MR) is 82.7 cm³/mol. The van der Waals surface area contributed by atoms with E-state index < -0.39 is 0 Å². The van der Waals surface area contributed by atoms with Crippen LogP contribution in [0.1, 0.15) is 13.8 Å². The molecule has 0 aromatic heterocycles. The van der Waals surface area contributed by atoms with Gasteiger partial charge in [-0.2, -0.15) is 0 Å². The monoisotopic (exact) mass is 302 g/mol. The van der Waals surface area contributed by atoms with Gasteiger partial charge in [0.25, 0.3) is 0 Å². The van der Waals surface area contributed by atoms with Gasteiger partial charge in [0.15, 0.2) is 4.32 Å².